The molecule has 0 bridgehead atoms. The summed E-state index contributed by atoms with van der Waals surface area (Å²) in [6.45, 7) is 5.52. The third-order valence-electron chi connectivity index (χ3n) is 4.43. The highest BCUT2D eigenvalue weighted by molar-refractivity contribution is 5.91. The van der Waals surface area contributed by atoms with Crippen molar-refractivity contribution < 1.29 is 19.4 Å². The van der Waals surface area contributed by atoms with Crippen LogP contribution in [0.1, 0.15) is 52.9 Å². The van der Waals surface area contributed by atoms with Gasteiger partial charge >= 0.3 is 5.97 Å². The van der Waals surface area contributed by atoms with Gasteiger partial charge in [0.1, 0.15) is 5.60 Å². The number of esters is 1. The minimum absolute atomic E-state index is 0.270. The number of rotatable bonds is 2. The first-order valence-corrected chi connectivity index (χ1v) is 7.37. The van der Waals surface area contributed by atoms with Crippen LogP contribution in [0.2, 0.25) is 0 Å². The van der Waals surface area contributed by atoms with Gasteiger partial charge in [-0.15, -0.1) is 0 Å². The quantitative estimate of drug-likeness (QED) is 0.616. The molecule has 5 heteroatoms. The summed E-state index contributed by atoms with van der Waals surface area (Å²) < 4.78 is 5.58. The van der Waals surface area contributed by atoms with Gasteiger partial charge in [0.2, 0.25) is 0 Å². The Labute approximate surface area is 120 Å². The van der Waals surface area contributed by atoms with Crippen LogP contribution in [0.25, 0.3) is 0 Å². The summed E-state index contributed by atoms with van der Waals surface area (Å²) in [4.78, 5) is 25.8. The average molecular weight is 283 g/mol. The molecule has 0 aromatic carbocycles. The SMILES string of the molecule is CN1C(=O)[C@H](O)[C@@H]1C1(C(=O)OC(C)(C)C)CCCCC1. The van der Waals surface area contributed by atoms with Gasteiger partial charge in [-0.05, 0) is 33.6 Å². The van der Waals surface area contributed by atoms with Crippen LogP contribution in [0, 0.1) is 5.41 Å². The van der Waals surface area contributed by atoms with Gasteiger partial charge in [0, 0.05) is 7.05 Å². The van der Waals surface area contributed by atoms with Crippen LogP contribution >= 0.6 is 0 Å². The number of amides is 1. The van der Waals surface area contributed by atoms with Crippen molar-refractivity contribution in [3.05, 3.63) is 0 Å². The van der Waals surface area contributed by atoms with E-state index in [0.29, 0.717) is 12.8 Å². The van der Waals surface area contributed by atoms with Crippen molar-refractivity contribution in [3.8, 4) is 0 Å². The molecule has 0 spiro atoms. The van der Waals surface area contributed by atoms with Crippen LogP contribution in [-0.2, 0) is 14.3 Å². The number of aliphatic hydroxyl groups is 1. The first-order valence-electron chi connectivity index (χ1n) is 7.37. The highest BCUT2D eigenvalue weighted by Gasteiger charge is 2.60. The lowest BCUT2D eigenvalue weighted by atomic mass is 9.64. The normalized spacial score (nSPS) is 29.9. The molecule has 0 aromatic rings. The molecule has 5 nitrogen and oxygen atoms in total. The first kappa shape index (κ1) is 15.3. The lowest BCUT2D eigenvalue weighted by Gasteiger charge is -2.53. The van der Waals surface area contributed by atoms with Crippen molar-refractivity contribution in [2.75, 3.05) is 7.05 Å². The first-order chi connectivity index (χ1) is 9.19. The van der Waals surface area contributed by atoms with Crippen LogP contribution in [0.5, 0.6) is 0 Å². The van der Waals surface area contributed by atoms with Gasteiger partial charge in [0.25, 0.3) is 5.91 Å². The molecule has 2 atom stereocenters. The molecule has 0 aromatic heterocycles. The average Bonchev–Trinajstić information content (AvgIpc) is 2.37. The topological polar surface area (TPSA) is 66.8 Å². The Bertz CT molecular complexity index is 395. The van der Waals surface area contributed by atoms with E-state index < -0.39 is 23.2 Å². The Balaban J connectivity index is 2.27. The van der Waals surface area contributed by atoms with Crippen molar-refractivity contribution in [2.24, 2.45) is 5.41 Å². The van der Waals surface area contributed by atoms with Crippen LogP contribution in [0.15, 0.2) is 0 Å². The minimum Gasteiger partial charge on any atom is -0.459 e. The van der Waals surface area contributed by atoms with E-state index in [9.17, 15) is 14.7 Å². The molecule has 0 unspecified atom stereocenters. The Morgan fingerprint density at radius 2 is 1.85 bits per heavy atom. The zero-order valence-electron chi connectivity index (χ0n) is 12.8. The van der Waals surface area contributed by atoms with E-state index in [1.54, 1.807) is 7.05 Å². The summed E-state index contributed by atoms with van der Waals surface area (Å²) in [5.41, 5.74) is -1.30. The fourth-order valence-corrected chi connectivity index (χ4v) is 3.47. The third kappa shape index (κ3) is 2.43. The molecule has 2 fully saturated rings. The van der Waals surface area contributed by atoms with Gasteiger partial charge < -0.3 is 14.7 Å². The van der Waals surface area contributed by atoms with Crippen LogP contribution in [0.3, 0.4) is 0 Å². The molecule has 20 heavy (non-hydrogen) atoms. The van der Waals surface area contributed by atoms with Crippen LogP contribution in [0.4, 0.5) is 0 Å². The lowest BCUT2D eigenvalue weighted by molar-refractivity contribution is -0.196. The number of β-lactam (4-membered cyclic amide) rings is 1. The van der Waals surface area contributed by atoms with Gasteiger partial charge in [-0.2, -0.15) is 0 Å². The highest BCUT2D eigenvalue weighted by atomic mass is 16.6. The largest absolute Gasteiger partial charge is 0.459 e. The Morgan fingerprint density at radius 1 is 1.30 bits per heavy atom. The zero-order chi connectivity index (χ0) is 15.1. The maximum Gasteiger partial charge on any atom is 0.314 e. The number of carbonyl (C=O) groups is 2. The van der Waals surface area contributed by atoms with E-state index in [1.807, 2.05) is 20.8 Å². The maximum atomic E-state index is 12.7. The van der Waals surface area contributed by atoms with Crippen molar-refractivity contribution >= 4 is 11.9 Å². The number of hydrogen-bond acceptors (Lipinski definition) is 4. The summed E-state index contributed by atoms with van der Waals surface area (Å²) in [6, 6.07) is -0.440. The maximum absolute atomic E-state index is 12.7. The predicted octanol–water partition coefficient (Wildman–Crippen LogP) is 1.48. The summed E-state index contributed by atoms with van der Waals surface area (Å²) in [5.74, 6) is -0.573. The van der Waals surface area contributed by atoms with Crippen molar-refractivity contribution in [2.45, 2.75) is 70.6 Å². The molecule has 1 N–H and O–H groups in total. The summed E-state index contributed by atoms with van der Waals surface area (Å²) in [6.07, 6.45) is 3.26. The van der Waals surface area contributed by atoms with Gasteiger partial charge in [0.15, 0.2) is 6.10 Å². The number of likely N-dealkylation sites (N-methyl/N-ethyl adjacent to an activating group) is 1. The molecular weight excluding hydrogens is 258 g/mol. The Morgan fingerprint density at radius 3 is 2.30 bits per heavy atom. The van der Waals surface area contributed by atoms with E-state index in [2.05, 4.69) is 0 Å². The fourth-order valence-electron chi connectivity index (χ4n) is 3.47. The number of carbonyl (C=O) groups excluding carboxylic acids is 2. The molecule has 0 radical (unpaired) electrons. The standard InChI is InChI=1S/C15H25NO4/c1-14(2,3)20-13(19)15(8-6-5-7-9-15)11-10(17)12(18)16(11)4/h10-11,17H,5-9H2,1-4H3/t10-,11-/m1/s1. The zero-order valence-corrected chi connectivity index (χ0v) is 12.8. The Kier molecular flexibility index (Phi) is 3.84. The van der Waals surface area contributed by atoms with Gasteiger partial charge in [-0.25, -0.2) is 0 Å². The molecular formula is C15H25NO4. The van der Waals surface area contributed by atoms with Gasteiger partial charge in [-0.1, -0.05) is 19.3 Å². The smallest absolute Gasteiger partial charge is 0.314 e. The van der Waals surface area contributed by atoms with Crippen molar-refractivity contribution in [3.63, 3.8) is 0 Å². The summed E-state index contributed by atoms with van der Waals surface area (Å²) in [7, 11) is 1.65. The molecule has 1 amide bonds. The molecule has 1 aliphatic heterocycles. The van der Waals surface area contributed by atoms with Crippen molar-refractivity contribution in [1.29, 1.82) is 0 Å². The minimum atomic E-state index is -1.06. The number of ether oxygens (including phenoxy) is 1. The number of hydrogen-bond donors (Lipinski definition) is 1. The number of likely N-dealkylation sites (tertiary alicyclic amines) is 1. The van der Waals surface area contributed by atoms with Crippen molar-refractivity contribution in [1.82, 2.24) is 4.90 Å². The molecule has 114 valence electrons. The second kappa shape index (κ2) is 5.02. The molecule has 2 aliphatic rings. The van der Waals surface area contributed by atoms with E-state index in [0.717, 1.165) is 19.3 Å². The van der Waals surface area contributed by atoms with E-state index in [1.165, 1.54) is 4.90 Å². The third-order valence-corrected chi connectivity index (χ3v) is 4.43. The second-order valence-electron chi connectivity index (χ2n) is 7.06. The van der Waals surface area contributed by atoms with E-state index >= 15 is 0 Å². The van der Waals surface area contributed by atoms with Gasteiger partial charge in [-0.3, -0.25) is 9.59 Å². The van der Waals surface area contributed by atoms with E-state index in [-0.39, 0.29) is 11.9 Å². The molecule has 1 heterocycles. The fraction of sp³-hybridized carbons (Fsp3) is 0.867. The van der Waals surface area contributed by atoms with Gasteiger partial charge in [0.05, 0.1) is 11.5 Å². The second-order valence-corrected chi connectivity index (χ2v) is 7.06. The molecule has 1 aliphatic carbocycles. The summed E-state index contributed by atoms with van der Waals surface area (Å²) in [5, 5.41) is 10.0. The van der Waals surface area contributed by atoms with E-state index in [4.69, 9.17) is 4.74 Å². The molecule has 1 saturated heterocycles. The predicted molar refractivity (Wildman–Crippen MR) is 73.9 cm³/mol. The molecule has 2 rings (SSSR count). The lowest BCUT2D eigenvalue weighted by Crippen LogP contribution is -2.71. The summed E-state index contributed by atoms with van der Waals surface area (Å²) >= 11 is 0. The number of nitrogens with zero attached hydrogens (tertiary/aromatic N) is 1. The van der Waals surface area contributed by atoms with Crippen LogP contribution in [-0.4, -0.2) is 46.7 Å². The van der Waals surface area contributed by atoms with Crippen LogP contribution < -0.4 is 0 Å². The monoisotopic (exact) mass is 283 g/mol. The Hall–Kier alpha value is -1.10. The molecule has 1 saturated carbocycles. The highest BCUT2D eigenvalue weighted by Crippen LogP contribution is 2.47. The number of aliphatic hydroxyl groups excluding tert-OH is 1.